The van der Waals surface area contributed by atoms with Gasteiger partial charge in [-0.2, -0.15) is 5.10 Å². The normalized spacial score (nSPS) is 13.6. The van der Waals surface area contributed by atoms with Crippen LogP contribution in [0.4, 0.5) is 5.69 Å². The number of nitrogens with one attached hydrogen (secondary N) is 1. The molecule has 5 heteroatoms. The summed E-state index contributed by atoms with van der Waals surface area (Å²) in [5, 5.41) is 8.56. The average Bonchev–Trinajstić information content (AvgIpc) is 3.54. The fraction of sp³-hybridized carbons (Fsp3) is 0.208. The second kappa shape index (κ2) is 6.85. The summed E-state index contributed by atoms with van der Waals surface area (Å²) in [6.07, 6.45) is 2.24. The molecule has 0 spiro atoms. The van der Waals surface area contributed by atoms with Crippen molar-refractivity contribution in [2.24, 2.45) is 0 Å². The third kappa shape index (κ3) is 3.29. The van der Waals surface area contributed by atoms with Gasteiger partial charge in [0, 0.05) is 17.3 Å². The zero-order valence-corrected chi connectivity index (χ0v) is 16.5. The van der Waals surface area contributed by atoms with E-state index >= 15 is 0 Å². The van der Waals surface area contributed by atoms with Crippen molar-refractivity contribution in [3.63, 3.8) is 0 Å². The van der Waals surface area contributed by atoms with Gasteiger partial charge >= 0.3 is 0 Å². The van der Waals surface area contributed by atoms with Crippen LogP contribution in [0.1, 0.15) is 46.1 Å². The number of nitrogens with zero attached hydrogens (tertiary/aromatic N) is 3. The van der Waals surface area contributed by atoms with Crippen molar-refractivity contribution in [2.45, 2.75) is 32.6 Å². The fourth-order valence-electron chi connectivity index (χ4n) is 3.66. The molecule has 0 aliphatic heterocycles. The Morgan fingerprint density at radius 3 is 2.45 bits per heavy atom. The molecule has 1 fully saturated rings. The summed E-state index contributed by atoms with van der Waals surface area (Å²) in [5.74, 6) is 0.309. The van der Waals surface area contributed by atoms with Crippen LogP contribution in [0, 0.1) is 13.8 Å². The maximum atomic E-state index is 13.2. The number of benzene rings is 2. The van der Waals surface area contributed by atoms with Crippen molar-refractivity contribution in [1.29, 1.82) is 0 Å². The molecule has 2 heterocycles. The maximum Gasteiger partial charge on any atom is 0.256 e. The molecule has 1 aliphatic rings. The molecule has 4 aromatic rings. The number of aromatic nitrogens is 3. The summed E-state index contributed by atoms with van der Waals surface area (Å²) in [6, 6.07) is 19.7. The molecular formula is C24H22N4O. The molecule has 1 aliphatic carbocycles. The van der Waals surface area contributed by atoms with E-state index in [1.54, 1.807) is 0 Å². The van der Waals surface area contributed by atoms with Crippen LogP contribution in [-0.4, -0.2) is 20.7 Å². The van der Waals surface area contributed by atoms with Crippen molar-refractivity contribution in [2.75, 3.05) is 5.32 Å². The monoisotopic (exact) mass is 382 g/mol. The van der Waals surface area contributed by atoms with Crippen molar-refractivity contribution in [1.82, 2.24) is 14.8 Å². The predicted molar refractivity (Wildman–Crippen MR) is 115 cm³/mol. The summed E-state index contributed by atoms with van der Waals surface area (Å²) in [6.45, 7) is 3.96. The standard InChI is InChI=1S/C24H22N4O/c1-15-8-12-18(13-9-15)25-24(29)20-14-21(17-10-11-17)26-23-22(20)16(2)27-28(23)19-6-4-3-5-7-19/h3-9,12-14,17H,10-11H2,1-2H3,(H,25,29). The second-order valence-electron chi connectivity index (χ2n) is 7.72. The van der Waals surface area contributed by atoms with Crippen molar-refractivity contribution < 1.29 is 4.79 Å². The molecule has 0 atom stereocenters. The van der Waals surface area contributed by atoms with Gasteiger partial charge in [-0.3, -0.25) is 4.79 Å². The fourth-order valence-corrected chi connectivity index (χ4v) is 3.66. The molecule has 0 radical (unpaired) electrons. The third-order valence-electron chi connectivity index (χ3n) is 5.38. The lowest BCUT2D eigenvalue weighted by atomic mass is 10.1. The molecule has 144 valence electrons. The number of amides is 1. The Bertz CT molecular complexity index is 1210. The van der Waals surface area contributed by atoms with Gasteiger partial charge < -0.3 is 5.32 Å². The summed E-state index contributed by atoms with van der Waals surface area (Å²) in [5.41, 5.74) is 6.04. The number of rotatable bonds is 4. The average molecular weight is 382 g/mol. The van der Waals surface area contributed by atoms with E-state index in [0.29, 0.717) is 11.5 Å². The highest BCUT2D eigenvalue weighted by atomic mass is 16.1. The van der Waals surface area contributed by atoms with E-state index in [1.807, 2.05) is 79.2 Å². The molecule has 1 amide bonds. The van der Waals surface area contributed by atoms with Crippen LogP contribution in [0.25, 0.3) is 16.7 Å². The van der Waals surface area contributed by atoms with E-state index in [2.05, 4.69) is 5.32 Å². The molecule has 5 nitrogen and oxygen atoms in total. The van der Waals surface area contributed by atoms with E-state index < -0.39 is 0 Å². The Morgan fingerprint density at radius 2 is 1.76 bits per heavy atom. The number of anilines is 1. The van der Waals surface area contributed by atoms with Gasteiger partial charge in [0.2, 0.25) is 0 Å². The number of hydrogen-bond acceptors (Lipinski definition) is 3. The van der Waals surface area contributed by atoms with Gasteiger partial charge in [0.25, 0.3) is 5.91 Å². The molecule has 0 unspecified atom stereocenters. The van der Waals surface area contributed by atoms with E-state index in [0.717, 1.165) is 52.2 Å². The number of pyridine rings is 1. The van der Waals surface area contributed by atoms with Crippen LogP contribution in [-0.2, 0) is 0 Å². The molecule has 0 saturated heterocycles. The predicted octanol–water partition coefficient (Wildman–Crippen LogP) is 5.17. The zero-order valence-electron chi connectivity index (χ0n) is 16.5. The Labute approximate surface area is 169 Å². The quantitative estimate of drug-likeness (QED) is 0.530. The molecular weight excluding hydrogens is 360 g/mol. The summed E-state index contributed by atoms with van der Waals surface area (Å²) in [4.78, 5) is 18.1. The van der Waals surface area contributed by atoms with Crippen molar-refractivity contribution >= 4 is 22.6 Å². The Balaban J connectivity index is 1.65. The van der Waals surface area contributed by atoms with E-state index in [-0.39, 0.29) is 5.91 Å². The van der Waals surface area contributed by atoms with Crippen LogP contribution >= 0.6 is 0 Å². The minimum absolute atomic E-state index is 0.126. The van der Waals surface area contributed by atoms with E-state index in [1.165, 1.54) is 0 Å². The van der Waals surface area contributed by atoms with Crippen LogP contribution in [0.2, 0.25) is 0 Å². The van der Waals surface area contributed by atoms with Gasteiger partial charge in [-0.05, 0) is 57.0 Å². The molecule has 2 aromatic carbocycles. The van der Waals surface area contributed by atoms with Crippen molar-refractivity contribution in [3.8, 4) is 5.69 Å². The molecule has 1 N–H and O–H groups in total. The minimum Gasteiger partial charge on any atom is -0.322 e. The van der Waals surface area contributed by atoms with Crippen LogP contribution in [0.3, 0.4) is 0 Å². The zero-order chi connectivity index (χ0) is 20.0. The Morgan fingerprint density at radius 1 is 1.03 bits per heavy atom. The first-order valence-corrected chi connectivity index (χ1v) is 9.94. The van der Waals surface area contributed by atoms with Gasteiger partial charge in [0.05, 0.1) is 22.3 Å². The Hall–Kier alpha value is -3.47. The molecule has 5 rings (SSSR count). The minimum atomic E-state index is -0.126. The van der Waals surface area contributed by atoms with Gasteiger partial charge in [0.1, 0.15) is 0 Å². The van der Waals surface area contributed by atoms with Gasteiger partial charge in [-0.1, -0.05) is 35.9 Å². The number of hydrogen-bond donors (Lipinski definition) is 1. The van der Waals surface area contributed by atoms with E-state index in [4.69, 9.17) is 10.1 Å². The van der Waals surface area contributed by atoms with Crippen LogP contribution < -0.4 is 5.32 Å². The number of carbonyl (C=O) groups excluding carboxylic acids is 1. The van der Waals surface area contributed by atoms with Gasteiger partial charge in [0.15, 0.2) is 5.65 Å². The lowest BCUT2D eigenvalue weighted by molar-refractivity contribution is 0.102. The smallest absolute Gasteiger partial charge is 0.256 e. The first-order valence-electron chi connectivity index (χ1n) is 9.94. The van der Waals surface area contributed by atoms with Crippen LogP contribution in [0.5, 0.6) is 0 Å². The SMILES string of the molecule is Cc1ccc(NC(=O)c2cc(C3CC3)nc3c2c(C)nn3-c2ccccc2)cc1. The first kappa shape index (κ1) is 17.6. The number of carbonyl (C=O) groups is 1. The maximum absolute atomic E-state index is 13.2. The van der Waals surface area contributed by atoms with Crippen molar-refractivity contribution in [3.05, 3.63) is 83.2 Å². The highest BCUT2D eigenvalue weighted by Crippen LogP contribution is 2.40. The van der Waals surface area contributed by atoms with Gasteiger partial charge in [-0.15, -0.1) is 0 Å². The summed E-state index contributed by atoms with van der Waals surface area (Å²) < 4.78 is 1.85. The summed E-state index contributed by atoms with van der Waals surface area (Å²) >= 11 is 0. The van der Waals surface area contributed by atoms with E-state index in [9.17, 15) is 4.79 Å². The molecule has 1 saturated carbocycles. The highest BCUT2D eigenvalue weighted by Gasteiger charge is 2.29. The molecule has 2 aromatic heterocycles. The Kier molecular flexibility index (Phi) is 4.16. The largest absolute Gasteiger partial charge is 0.322 e. The number of fused-ring (bicyclic) bond motifs is 1. The summed E-state index contributed by atoms with van der Waals surface area (Å²) in [7, 11) is 0. The van der Waals surface area contributed by atoms with Crippen LogP contribution in [0.15, 0.2) is 60.7 Å². The highest BCUT2D eigenvalue weighted by molar-refractivity contribution is 6.12. The molecule has 29 heavy (non-hydrogen) atoms. The first-order chi connectivity index (χ1) is 14.1. The van der Waals surface area contributed by atoms with Gasteiger partial charge in [-0.25, -0.2) is 9.67 Å². The molecule has 0 bridgehead atoms. The second-order valence-corrected chi connectivity index (χ2v) is 7.72. The number of aryl methyl sites for hydroxylation is 2. The lowest BCUT2D eigenvalue weighted by Gasteiger charge is -2.10. The number of para-hydroxylation sites is 1. The third-order valence-corrected chi connectivity index (χ3v) is 5.38. The lowest BCUT2D eigenvalue weighted by Crippen LogP contribution is -2.13. The topological polar surface area (TPSA) is 59.8 Å².